The Hall–Kier alpha value is -4.52. The van der Waals surface area contributed by atoms with E-state index in [1.807, 2.05) is 48.5 Å². The number of hydrogen-bond donors (Lipinski definition) is 2. The number of methoxy groups -OCH3 is 2. The van der Waals surface area contributed by atoms with Crippen molar-refractivity contribution in [3.8, 4) is 0 Å². The fourth-order valence-corrected chi connectivity index (χ4v) is 8.47. The third-order valence-electron chi connectivity index (χ3n) is 9.19. The lowest BCUT2D eigenvalue weighted by Gasteiger charge is -2.34. The van der Waals surface area contributed by atoms with E-state index in [9.17, 15) is 22.8 Å². The molecule has 0 aliphatic heterocycles. The molecule has 2 N–H and O–H groups in total. The van der Waals surface area contributed by atoms with Gasteiger partial charge in [-0.3, -0.25) is 9.59 Å². The summed E-state index contributed by atoms with van der Waals surface area (Å²) in [5.41, 5.74) is 4.99. The predicted octanol–water partition coefficient (Wildman–Crippen LogP) is 7.76. The fourth-order valence-electron chi connectivity index (χ4n) is 6.37. The molecule has 1 fully saturated rings. The third kappa shape index (κ3) is 9.43. The molecule has 0 radical (unpaired) electrons. The molecule has 0 atom stereocenters. The van der Waals surface area contributed by atoms with Crippen LogP contribution in [0.25, 0.3) is 0 Å². The standard InChI is InChI=1S/C39H42BrN3O7S/c1-4-43(33-21-16-29(17-22-33)39(46)50-3)51(47,48)34-7-5-6-30(24-34)37(44)42-35-23-18-31(40)25-36(35)41-32-19-12-27(13-20-32)9-8-26-10-14-28(15-11-26)38(45)49-2/h5-7,10-15,18-20,23-25,29,33,41H,4,8-9,16-17,21-22H2,1-3H3,(H,42,44). The maximum Gasteiger partial charge on any atom is 0.337 e. The zero-order chi connectivity index (χ0) is 36.5. The van der Waals surface area contributed by atoms with Gasteiger partial charge in [0.25, 0.3) is 5.91 Å². The normalized spacial score (nSPS) is 15.9. The number of nitrogens with one attached hydrogen (secondary N) is 2. The molecule has 5 rings (SSSR count). The highest BCUT2D eigenvalue weighted by Gasteiger charge is 2.35. The van der Waals surface area contributed by atoms with E-state index in [1.54, 1.807) is 37.3 Å². The van der Waals surface area contributed by atoms with Crippen LogP contribution in [0.2, 0.25) is 0 Å². The summed E-state index contributed by atoms with van der Waals surface area (Å²) in [7, 11) is -1.17. The Labute approximate surface area is 307 Å². The van der Waals surface area contributed by atoms with Crippen LogP contribution >= 0.6 is 15.9 Å². The van der Waals surface area contributed by atoms with Gasteiger partial charge in [0.15, 0.2) is 0 Å². The van der Waals surface area contributed by atoms with E-state index in [1.165, 1.54) is 30.7 Å². The van der Waals surface area contributed by atoms with Gasteiger partial charge in [0, 0.05) is 28.3 Å². The van der Waals surface area contributed by atoms with Gasteiger partial charge >= 0.3 is 11.9 Å². The number of hydrogen-bond acceptors (Lipinski definition) is 8. The number of benzene rings is 4. The van der Waals surface area contributed by atoms with Crippen molar-refractivity contribution in [3.63, 3.8) is 0 Å². The van der Waals surface area contributed by atoms with Crippen LogP contribution in [-0.4, -0.2) is 57.4 Å². The number of anilines is 3. The van der Waals surface area contributed by atoms with E-state index in [0.29, 0.717) is 42.6 Å². The molecule has 268 valence electrons. The number of nitrogens with zero attached hydrogens (tertiary/aromatic N) is 1. The number of carbonyl (C=O) groups is 3. The Morgan fingerprint density at radius 1 is 0.784 bits per heavy atom. The minimum atomic E-state index is -3.91. The molecular formula is C39H42BrN3O7S. The van der Waals surface area contributed by atoms with Crippen LogP contribution in [0.3, 0.4) is 0 Å². The second-order valence-electron chi connectivity index (χ2n) is 12.4. The molecular weight excluding hydrogens is 734 g/mol. The first kappa shape index (κ1) is 37.7. The van der Waals surface area contributed by atoms with Crippen molar-refractivity contribution in [2.75, 3.05) is 31.4 Å². The number of amides is 1. The Morgan fingerprint density at radius 3 is 2.04 bits per heavy atom. The van der Waals surface area contributed by atoms with E-state index in [0.717, 1.165) is 34.1 Å². The average Bonchev–Trinajstić information content (AvgIpc) is 3.15. The summed E-state index contributed by atoms with van der Waals surface area (Å²) in [4.78, 5) is 37.2. The molecule has 4 aromatic rings. The topological polar surface area (TPSA) is 131 Å². The van der Waals surface area contributed by atoms with Gasteiger partial charge in [-0.05, 0) is 110 Å². The number of aryl methyl sites for hydroxylation is 2. The number of esters is 2. The van der Waals surface area contributed by atoms with Crippen LogP contribution in [0.15, 0.2) is 100 Å². The molecule has 0 unspecified atom stereocenters. The zero-order valence-electron chi connectivity index (χ0n) is 28.9. The third-order valence-corrected chi connectivity index (χ3v) is 11.7. The molecule has 1 aliphatic carbocycles. The lowest BCUT2D eigenvalue weighted by molar-refractivity contribution is -0.146. The second kappa shape index (κ2) is 17.1. The molecule has 10 nitrogen and oxygen atoms in total. The molecule has 4 aromatic carbocycles. The number of rotatable bonds is 13. The monoisotopic (exact) mass is 775 g/mol. The van der Waals surface area contributed by atoms with Gasteiger partial charge in [0.05, 0.1) is 42.0 Å². The Bertz CT molecular complexity index is 1960. The van der Waals surface area contributed by atoms with Crippen molar-refractivity contribution in [2.45, 2.75) is 56.4 Å². The van der Waals surface area contributed by atoms with E-state index >= 15 is 0 Å². The first-order valence-corrected chi connectivity index (χ1v) is 19.1. The van der Waals surface area contributed by atoms with Gasteiger partial charge in [-0.25, -0.2) is 13.2 Å². The largest absolute Gasteiger partial charge is 0.469 e. The number of sulfonamides is 1. The lowest BCUT2D eigenvalue weighted by Crippen LogP contribution is -2.43. The van der Waals surface area contributed by atoms with Crippen LogP contribution in [0.1, 0.15) is 64.4 Å². The molecule has 1 saturated carbocycles. The number of carbonyl (C=O) groups excluding carboxylic acids is 3. The minimum Gasteiger partial charge on any atom is -0.469 e. The van der Waals surface area contributed by atoms with E-state index < -0.39 is 15.9 Å². The highest BCUT2D eigenvalue weighted by Crippen LogP contribution is 2.33. The quantitative estimate of drug-likeness (QED) is 0.132. The summed E-state index contributed by atoms with van der Waals surface area (Å²) in [5.74, 6) is -1.28. The lowest BCUT2D eigenvalue weighted by atomic mass is 9.86. The molecule has 51 heavy (non-hydrogen) atoms. The van der Waals surface area contributed by atoms with Crippen molar-refractivity contribution in [2.24, 2.45) is 5.92 Å². The summed E-state index contributed by atoms with van der Waals surface area (Å²) < 4.78 is 39.6. The SMILES string of the molecule is CCN(C1CCC(C(=O)OC)CC1)S(=O)(=O)c1cccc(C(=O)Nc2ccc(Br)cc2Nc2ccc(CCc3ccc(C(=O)OC)cc3)cc2)c1. The summed E-state index contributed by atoms with van der Waals surface area (Å²) in [6.45, 7) is 2.07. The predicted molar refractivity (Wildman–Crippen MR) is 201 cm³/mol. The highest BCUT2D eigenvalue weighted by atomic mass is 79.9. The van der Waals surface area contributed by atoms with Crippen LogP contribution in [-0.2, 0) is 37.1 Å². The minimum absolute atomic E-state index is 0.0412. The van der Waals surface area contributed by atoms with Crippen molar-refractivity contribution >= 4 is 60.9 Å². The Kier molecular flexibility index (Phi) is 12.7. The van der Waals surface area contributed by atoms with Gasteiger partial charge < -0.3 is 20.1 Å². The molecule has 0 spiro atoms. The molecule has 0 bridgehead atoms. The van der Waals surface area contributed by atoms with Crippen LogP contribution in [0, 0.1) is 5.92 Å². The Balaban J connectivity index is 1.24. The molecule has 1 amide bonds. The van der Waals surface area contributed by atoms with Gasteiger partial charge in [-0.15, -0.1) is 0 Å². The Morgan fingerprint density at radius 2 is 1.43 bits per heavy atom. The summed E-state index contributed by atoms with van der Waals surface area (Å²) in [5, 5.41) is 6.32. The summed E-state index contributed by atoms with van der Waals surface area (Å²) in [6, 6.07) is 26.7. The van der Waals surface area contributed by atoms with E-state index in [2.05, 4.69) is 26.6 Å². The van der Waals surface area contributed by atoms with Crippen LogP contribution in [0.5, 0.6) is 0 Å². The van der Waals surface area contributed by atoms with Crippen molar-refractivity contribution < 1.29 is 32.3 Å². The van der Waals surface area contributed by atoms with Gasteiger partial charge in [-0.2, -0.15) is 4.31 Å². The smallest absolute Gasteiger partial charge is 0.337 e. The van der Waals surface area contributed by atoms with Gasteiger partial charge in [0.2, 0.25) is 10.0 Å². The maximum absolute atomic E-state index is 13.8. The van der Waals surface area contributed by atoms with E-state index in [-0.39, 0.29) is 40.9 Å². The van der Waals surface area contributed by atoms with Crippen LogP contribution < -0.4 is 10.6 Å². The van der Waals surface area contributed by atoms with Crippen molar-refractivity contribution in [1.29, 1.82) is 0 Å². The van der Waals surface area contributed by atoms with Gasteiger partial charge in [-0.1, -0.05) is 53.2 Å². The van der Waals surface area contributed by atoms with Crippen LogP contribution in [0.4, 0.5) is 17.1 Å². The van der Waals surface area contributed by atoms with E-state index in [4.69, 9.17) is 9.47 Å². The second-order valence-corrected chi connectivity index (χ2v) is 15.2. The average molecular weight is 777 g/mol. The van der Waals surface area contributed by atoms with Crippen molar-refractivity contribution in [1.82, 2.24) is 4.31 Å². The highest BCUT2D eigenvalue weighted by molar-refractivity contribution is 9.10. The molecule has 12 heteroatoms. The summed E-state index contributed by atoms with van der Waals surface area (Å²) in [6.07, 6.45) is 3.88. The molecule has 1 aliphatic rings. The fraction of sp³-hybridized carbons (Fsp3) is 0.308. The number of ether oxygens (including phenoxy) is 2. The number of halogens is 1. The first-order valence-electron chi connectivity index (χ1n) is 16.9. The zero-order valence-corrected chi connectivity index (χ0v) is 31.3. The molecule has 0 aromatic heterocycles. The maximum atomic E-state index is 13.8. The molecule has 0 heterocycles. The molecule has 0 saturated heterocycles. The van der Waals surface area contributed by atoms with Crippen molar-refractivity contribution in [3.05, 3.63) is 118 Å². The van der Waals surface area contributed by atoms with Gasteiger partial charge in [0.1, 0.15) is 0 Å². The first-order chi connectivity index (χ1) is 24.5. The summed E-state index contributed by atoms with van der Waals surface area (Å²) >= 11 is 3.52.